The second-order valence-corrected chi connectivity index (χ2v) is 4.38. The quantitative estimate of drug-likeness (QED) is 0.899. The largest absolute Gasteiger partial charge is 0.327 e. The molecule has 0 amide bonds. The normalized spacial score (nSPS) is 12.0. The molecule has 0 aromatic carbocycles. The Balaban J connectivity index is 2.67. The van der Waals surface area contributed by atoms with E-state index in [1.807, 2.05) is 31.2 Å². The number of pyridine rings is 1. The number of fused-ring (bicyclic) bond motifs is 1. The summed E-state index contributed by atoms with van der Waals surface area (Å²) < 4.78 is 1.78. The Bertz CT molecular complexity index is 617. The smallest absolute Gasteiger partial charge is 0.304 e. The van der Waals surface area contributed by atoms with Gasteiger partial charge >= 0.3 is 5.69 Å². The summed E-state index contributed by atoms with van der Waals surface area (Å²) in [6.45, 7) is 6.14. The SMILES string of the molecule is C/C=C\c1ccc2[nH]c(=O)n(C(CC)CC)c2n1. The number of hydrogen-bond donors (Lipinski definition) is 1. The van der Waals surface area contributed by atoms with Gasteiger partial charge in [-0.15, -0.1) is 0 Å². The second kappa shape index (κ2) is 5.21. The highest BCUT2D eigenvalue weighted by molar-refractivity contribution is 5.72. The van der Waals surface area contributed by atoms with Gasteiger partial charge in [0.1, 0.15) is 0 Å². The van der Waals surface area contributed by atoms with E-state index in [2.05, 4.69) is 23.8 Å². The van der Waals surface area contributed by atoms with Crippen molar-refractivity contribution in [2.45, 2.75) is 39.7 Å². The van der Waals surface area contributed by atoms with Gasteiger partial charge in [-0.25, -0.2) is 9.78 Å². The van der Waals surface area contributed by atoms with Crippen LogP contribution in [-0.2, 0) is 0 Å². The summed E-state index contributed by atoms with van der Waals surface area (Å²) >= 11 is 0. The standard InChI is InChI=1S/C14H19N3O/c1-4-7-10-8-9-12-13(15-10)17(14(18)16-12)11(5-2)6-3/h4,7-9,11H,5-6H2,1-3H3,(H,16,18)/b7-4-. The Morgan fingerprint density at radius 3 is 2.72 bits per heavy atom. The fourth-order valence-corrected chi connectivity index (χ4v) is 2.27. The van der Waals surface area contributed by atoms with Gasteiger partial charge in [-0.2, -0.15) is 0 Å². The van der Waals surface area contributed by atoms with Gasteiger partial charge in [0.25, 0.3) is 0 Å². The monoisotopic (exact) mass is 245 g/mol. The van der Waals surface area contributed by atoms with E-state index < -0.39 is 0 Å². The Morgan fingerprint density at radius 1 is 1.39 bits per heavy atom. The van der Waals surface area contributed by atoms with Gasteiger partial charge in [-0.05, 0) is 38.0 Å². The summed E-state index contributed by atoms with van der Waals surface area (Å²) in [5, 5.41) is 0. The molecule has 0 saturated heterocycles. The minimum Gasteiger partial charge on any atom is -0.304 e. The van der Waals surface area contributed by atoms with Crippen molar-refractivity contribution >= 4 is 17.2 Å². The van der Waals surface area contributed by atoms with E-state index in [-0.39, 0.29) is 11.7 Å². The number of imidazole rings is 1. The summed E-state index contributed by atoms with van der Waals surface area (Å²) in [4.78, 5) is 19.4. The van der Waals surface area contributed by atoms with Crippen molar-refractivity contribution in [2.24, 2.45) is 0 Å². The van der Waals surface area contributed by atoms with Crippen LogP contribution in [0, 0.1) is 0 Å². The van der Waals surface area contributed by atoms with Crippen LogP contribution >= 0.6 is 0 Å². The van der Waals surface area contributed by atoms with Crippen molar-refractivity contribution in [3.8, 4) is 0 Å². The predicted octanol–water partition coefficient (Wildman–Crippen LogP) is 3.12. The lowest BCUT2D eigenvalue weighted by atomic mass is 10.2. The number of hydrogen-bond acceptors (Lipinski definition) is 2. The summed E-state index contributed by atoms with van der Waals surface area (Å²) in [6.07, 6.45) is 5.74. The maximum atomic E-state index is 12.0. The average molecular weight is 245 g/mol. The first kappa shape index (κ1) is 12.6. The van der Waals surface area contributed by atoms with Gasteiger partial charge in [0, 0.05) is 6.04 Å². The average Bonchev–Trinajstić information content (AvgIpc) is 2.68. The highest BCUT2D eigenvalue weighted by atomic mass is 16.1. The first-order valence-electron chi connectivity index (χ1n) is 6.45. The molecule has 4 heteroatoms. The Morgan fingerprint density at radius 2 is 2.11 bits per heavy atom. The predicted molar refractivity (Wildman–Crippen MR) is 74.7 cm³/mol. The first-order chi connectivity index (χ1) is 8.71. The summed E-state index contributed by atoms with van der Waals surface area (Å²) in [5.41, 5.74) is 2.37. The van der Waals surface area contributed by atoms with Crippen molar-refractivity contribution in [2.75, 3.05) is 0 Å². The van der Waals surface area contributed by atoms with E-state index in [0.717, 1.165) is 29.7 Å². The Hall–Kier alpha value is -1.84. The number of allylic oxidation sites excluding steroid dienone is 1. The van der Waals surface area contributed by atoms with E-state index in [1.54, 1.807) is 4.57 Å². The van der Waals surface area contributed by atoms with Crippen LogP contribution in [0.25, 0.3) is 17.2 Å². The maximum absolute atomic E-state index is 12.0. The number of nitrogens with zero attached hydrogens (tertiary/aromatic N) is 2. The molecule has 96 valence electrons. The topological polar surface area (TPSA) is 50.7 Å². The molecular formula is C14H19N3O. The molecule has 0 atom stereocenters. The van der Waals surface area contributed by atoms with Crippen LogP contribution < -0.4 is 5.69 Å². The van der Waals surface area contributed by atoms with Gasteiger partial charge < -0.3 is 4.98 Å². The molecule has 2 rings (SSSR count). The van der Waals surface area contributed by atoms with E-state index in [4.69, 9.17) is 0 Å². The fourth-order valence-electron chi connectivity index (χ4n) is 2.27. The van der Waals surface area contributed by atoms with Crippen LogP contribution in [0.15, 0.2) is 23.0 Å². The van der Waals surface area contributed by atoms with Crippen LogP contribution in [0.2, 0.25) is 0 Å². The van der Waals surface area contributed by atoms with Crippen molar-refractivity contribution in [1.82, 2.24) is 14.5 Å². The highest BCUT2D eigenvalue weighted by Crippen LogP contribution is 2.19. The molecule has 0 spiro atoms. The molecule has 0 aliphatic rings. The number of H-pyrrole nitrogens is 1. The minimum absolute atomic E-state index is 0.0659. The van der Waals surface area contributed by atoms with Crippen LogP contribution in [-0.4, -0.2) is 14.5 Å². The van der Waals surface area contributed by atoms with E-state index in [0.29, 0.717) is 0 Å². The number of aromatic nitrogens is 3. The third-order valence-electron chi connectivity index (χ3n) is 3.23. The lowest BCUT2D eigenvalue weighted by molar-refractivity contribution is 0.469. The number of aromatic amines is 1. The zero-order chi connectivity index (χ0) is 13.1. The minimum atomic E-state index is -0.0659. The molecular weight excluding hydrogens is 226 g/mol. The summed E-state index contributed by atoms with van der Waals surface area (Å²) in [7, 11) is 0. The van der Waals surface area contributed by atoms with Crippen molar-refractivity contribution < 1.29 is 0 Å². The molecule has 2 heterocycles. The Kier molecular flexibility index (Phi) is 3.65. The molecule has 0 aliphatic carbocycles. The van der Waals surface area contributed by atoms with E-state index in [1.165, 1.54) is 0 Å². The molecule has 2 aromatic heterocycles. The van der Waals surface area contributed by atoms with Gasteiger partial charge in [0.05, 0.1) is 11.2 Å². The molecule has 0 unspecified atom stereocenters. The first-order valence-corrected chi connectivity index (χ1v) is 6.45. The van der Waals surface area contributed by atoms with Crippen LogP contribution in [0.3, 0.4) is 0 Å². The maximum Gasteiger partial charge on any atom is 0.327 e. The number of rotatable bonds is 4. The molecule has 0 aliphatic heterocycles. The van der Waals surface area contributed by atoms with Crippen LogP contribution in [0.1, 0.15) is 45.3 Å². The zero-order valence-electron chi connectivity index (χ0n) is 11.1. The third-order valence-corrected chi connectivity index (χ3v) is 3.23. The van der Waals surface area contributed by atoms with Crippen LogP contribution in [0.4, 0.5) is 0 Å². The molecule has 2 aromatic rings. The zero-order valence-corrected chi connectivity index (χ0v) is 11.1. The summed E-state index contributed by atoms with van der Waals surface area (Å²) in [6, 6.07) is 4.03. The molecule has 0 bridgehead atoms. The number of nitrogens with one attached hydrogen (secondary N) is 1. The van der Waals surface area contributed by atoms with Crippen molar-refractivity contribution in [1.29, 1.82) is 0 Å². The lowest BCUT2D eigenvalue weighted by Gasteiger charge is -2.13. The van der Waals surface area contributed by atoms with E-state index in [9.17, 15) is 4.79 Å². The van der Waals surface area contributed by atoms with Gasteiger partial charge in [-0.1, -0.05) is 19.9 Å². The second-order valence-electron chi connectivity index (χ2n) is 4.38. The highest BCUT2D eigenvalue weighted by Gasteiger charge is 2.15. The summed E-state index contributed by atoms with van der Waals surface area (Å²) in [5.74, 6) is 0. The third kappa shape index (κ3) is 2.10. The Labute approximate surface area is 106 Å². The molecule has 4 nitrogen and oxygen atoms in total. The molecule has 0 fully saturated rings. The molecule has 18 heavy (non-hydrogen) atoms. The van der Waals surface area contributed by atoms with Gasteiger partial charge in [0.2, 0.25) is 0 Å². The van der Waals surface area contributed by atoms with Gasteiger partial charge in [-0.3, -0.25) is 4.57 Å². The van der Waals surface area contributed by atoms with Crippen molar-refractivity contribution in [3.05, 3.63) is 34.4 Å². The van der Waals surface area contributed by atoms with Gasteiger partial charge in [0.15, 0.2) is 5.65 Å². The molecule has 1 N–H and O–H groups in total. The molecule has 0 saturated carbocycles. The molecule has 0 radical (unpaired) electrons. The van der Waals surface area contributed by atoms with Crippen LogP contribution in [0.5, 0.6) is 0 Å². The van der Waals surface area contributed by atoms with Crippen molar-refractivity contribution in [3.63, 3.8) is 0 Å². The van der Waals surface area contributed by atoms with E-state index >= 15 is 0 Å². The fraction of sp³-hybridized carbons (Fsp3) is 0.429. The lowest BCUT2D eigenvalue weighted by Crippen LogP contribution is -2.21.